The maximum atomic E-state index is 4.58. The first-order valence-electron chi connectivity index (χ1n) is 13.1. The van der Waals surface area contributed by atoms with Crippen LogP contribution in [-0.2, 0) is 18.3 Å². The summed E-state index contributed by atoms with van der Waals surface area (Å²) in [6.07, 6.45) is 18.7. The fraction of sp³-hybridized carbons (Fsp3) is 0.581. The number of hydrogen-bond acceptors (Lipinski definition) is 0. The third-order valence-electron chi connectivity index (χ3n) is 6.82. The fourth-order valence-electron chi connectivity index (χ4n) is 4.46. The van der Waals surface area contributed by atoms with Crippen LogP contribution >= 0.6 is 0 Å². The first-order chi connectivity index (χ1) is 15.1. The van der Waals surface area contributed by atoms with Crippen molar-refractivity contribution in [1.82, 2.24) is 0 Å². The van der Waals surface area contributed by atoms with Crippen molar-refractivity contribution >= 4 is 0 Å². The molecule has 2 rings (SSSR count). The maximum absolute atomic E-state index is 4.58. The molecular formula is C31H47+. The first kappa shape index (κ1) is 25.6. The summed E-state index contributed by atoms with van der Waals surface area (Å²) in [4.78, 5) is 0. The smallest absolute Gasteiger partial charge is 0.0654 e. The van der Waals surface area contributed by atoms with Crippen LogP contribution in [0.15, 0.2) is 48.5 Å². The van der Waals surface area contributed by atoms with Gasteiger partial charge in [-0.1, -0.05) is 127 Å². The van der Waals surface area contributed by atoms with E-state index < -0.39 is 0 Å². The van der Waals surface area contributed by atoms with E-state index in [2.05, 4.69) is 76.2 Å². The molecule has 0 atom stereocenters. The van der Waals surface area contributed by atoms with Gasteiger partial charge >= 0.3 is 0 Å². The molecular weight excluding hydrogens is 372 g/mol. The molecule has 0 heterocycles. The van der Waals surface area contributed by atoms with Gasteiger partial charge in [0.1, 0.15) is 0 Å². The zero-order valence-corrected chi connectivity index (χ0v) is 20.7. The van der Waals surface area contributed by atoms with Gasteiger partial charge in [-0.15, -0.1) is 0 Å². The van der Waals surface area contributed by atoms with Gasteiger partial charge in [0.05, 0.1) is 6.92 Å². The molecule has 31 heavy (non-hydrogen) atoms. The van der Waals surface area contributed by atoms with Crippen molar-refractivity contribution in [2.45, 2.75) is 116 Å². The lowest BCUT2D eigenvalue weighted by molar-refractivity contribution is 0.607. The molecule has 2 aromatic rings. The molecule has 0 amide bonds. The Bertz CT molecular complexity index is 628. The van der Waals surface area contributed by atoms with Gasteiger partial charge in [0.25, 0.3) is 0 Å². The molecule has 0 aliphatic rings. The molecule has 0 aliphatic heterocycles. The number of rotatable bonds is 16. The highest BCUT2D eigenvalue weighted by atomic mass is 14.3. The number of aryl methyl sites for hydroxylation is 2. The Balaban J connectivity index is 1.82. The summed E-state index contributed by atoms with van der Waals surface area (Å²) in [5, 5.41) is 0. The molecule has 0 spiro atoms. The number of unbranched alkanes of at least 4 members (excludes halogenated alkanes) is 10. The quantitative estimate of drug-likeness (QED) is 0.188. The second kappa shape index (κ2) is 14.4. The Morgan fingerprint density at radius 2 is 0.839 bits per heavy atom. The molecule has 0 saturated carbocycles. The molecule has 0 aliphatic carbocycles. The van der Waals surface area contributed by atoms with Crippen LogP contribution in [0.25, 0.3) is 0 Å². The minimum absolute atomic E-state index is 0.197. The monoisotopic (exact) mass is 419 g/mol. The average molecular weight is 420 g/mol. The van der Waals surface area contributed by atoms with Gasteiger partial charge in [-0.3, -0.25) is 0 Å². The highest BCUT2D eigenvalue weighted by molar-refractivity contribution is 5.41. The highest BCUT2D eigenvalue weighted by Gasteiger charge is 2.30. The molecule has 170 valence electrons. The molecule has 0 nitrogen and oxygen atoms in total. The lowest BCUT2D eigenvalue weighted by Gasteiger charge is -2.20. The van der Waals surface area contributed by atoms with E-state index in [4.69, 9.17) is 0 Å². The van der Waals surface area contributed by atoms with Gasteiger partial charge in [-0.05, 0) is 43.7 Å². The molecule has 0 bridgehead atoms. The molecule has 0 aromatic heterocycles. The first-order valence-corrected chi connectivity index (χ1v) is 13.1. The number of hydrogen-bond donors (Lipinski definition) is 0. The van der Waals surface area contributed by atoms with Crippen molar-refractivity contribution in [3.05, 3.63) is 77.7 Å². The van der Waals surface area contributed by atoms with E-state index in [9.17, 15) is 0 Å². The second-order valence-electron chi connectivity index (χ2n) is 9.76. The normalized spacial score (nSPS) is 11.7. The summed E-state index contributed by atoms with van der Waals surface area (Å²) in [5.41, 5.74) is 5.34. The summed E-state index contributed by atoms with van der Waals surface area (Å²) in [6.45, 7) is 11.4. The molecule has 0 heteroatoms. The SMILES string of the molecule is [CH2+]C(C)(c1ccc(CCCCCCCC)cc1)c1ccc(CCCCCCCC)cc1. The minimum Gasteiger partial charge on any atom is -0.0654 e. The topological polar surface area (TPSA) is 0 Å². The largest absolute Gasteiger partial charge is 0.152 e. The predicted octanol–water partition coefficient (Wildman–Crippen LogP) is 9.63. The number of benzene rings is 2. The molecule has 0 N–H and O–H groups in total. The van der Waals surface area contributed by atoms with Crippen LogP contribution < -0.4 is 0 Å². The molecule has 0 radical (unpaired) electrons. The van der Waals surface area contributed by atoms with E-state index >= 15 is 0 Å². The van der Waals surface area contributed by atoms with Gasteiger partial charge in [0, 0.05) is 11.1 Å². The Hall–Kier alpha value is -1.69. The van der Waals surface area contributed by atoms with Crippen molar-refractivity contribution in [2.75, 3.05) is 0 Å². The standard InChI is InChI=1S/C31H47/c1-5-7-9-11-13-15-17-27-19-23-29(24-20-27)31(3,4)30-25-21-28(22-26-30)18-16-14-12-10-8-6-2/h19-26H,3,5-18H2,1-2,4H3/q+1. The second-order valence-corrected chi connectivity index (χ2v) is 9.76. The summed E-state index contributed by atoms with van der Waals surface area (Å²) < 4.78 is 0. The summed E-state index contributed by atoms with van der Waals surface area (Å²) >= 11 is 0. The summed E-state index contributed by atoms with van der Waals surface area (Å²) in [6, 6.07) is 18.4. The zero-order valence-electron chi connectivity index (χ0n) is 20.7. The van der Waals surface area contributed by atoms with E-state index in [0.29, 0.717) is 0 Å². The van der Waals surface area contributed by atoms with Crippen molar-refractivity contribution in [2.24, 2.45) is 0 Å². The summed E-state index contributed by atoms with van der Waals surface area (Å²) in [5.74, 6) is 0. The molecule has 0 fully saturated rings. The van der Waals surface area contributed by atoms with Crippen LogP contribution in [0.4, 0.5) is 0 Å². The van der Waals surface area contributed by atoms with Gasteiger partial charge in [0.2, 0.25) is 0 Å². The van der Waals surface area contributed by atoms with E-state index in [0.717, 1.165) is 0 Å². The Morgan fingerprint density at radius 1 is 0.516 bits per heavy atom. The molecule has 2 aromatic carbocycles. The Labute approximate surface area is 193 Å². The van der Waals surface area contributed by atoms with Crippen LogP contribution in [0, 0.1) is 6.92 Å². The summed E-state index contributed by atoms with van der Waals surface area (Å²) in [7, 11) is 0. The molecule has 0 saturated heterocycles. The zero-order chi connectivity index (χ0) is 22.4. The molecule has 0 unspecified atom stereocenters. The van der Waals surface area contributed by atoms with E-state index in [1.165, 1.54) is 112 Å². The Morgan fingerprint density at radius 3 is 1.19 bits per heavy atom. The van der Waals surface area contributed by atoms with Gasteiger partial charge in [0.15, 0.2) is 5.41 Å². The van der Waals surface area contributed by atoms with Crippen LogP contribution in [0.2, 0.25) is 0 Å². The highest BCUT2D eigenvalue weighted by Crippen LogP contribution is 2.31. The third-order valence-corrected chi connectivity index (χ3v) is 6.82. The van der Waals surface area contributed by atoms with Crippen LogP contribution in [0.1, 0.15) is 120 Å². The van der Waals surface area contributed by atoms with Gasteiger partial charge in [-0.2, -0.15) is 0 Å². The van der Waals surface area contributed by atoms with Crippen LogP contribution in [0.3, 0.4) is 0 Å². The van der Waals surface area contributed by atoms with Gasteiger partial charge < -0.3 is 0 Å². The van der Waals surface area contributed by atoms with Crippen molar-refractivity contribution in [1.29, 1.82) is 0 Å². The fourth-order valence-corrected chi connectivity index (χ4v) is 4.46. The third kappa shape index (κ3) is 9.14. The lowest BCUT2D eigenvalue weighted by atomic mass is 9.77. The minimum atomic E-state index is -0.197. The average Bonchev–Trinajstić information content (AvgIpc) is 2.79. The van der Waals surface area contributed by atoms with Crippen LogP contribution in [0.5, 0.6) is 0 Å². The van der Waals surface area contributed by atoms with Crippen molar-refractivity contribution in [3.8, 4) is 0 Å². The van der Waals surface area contributed by atoms with Crippen LogP contribution in [-0.4, -0.2) is 0 Å². The van der Waals surface area contributed by atoms with E-state index in [-0.39, 0.29) is 5.41 Å². The van der Waals surface area contributed by atoms with E-state index in [1.54, 1.807) is 0 Å². The predicted molar refractivity (Wildman–Crippen MR) is 139 cm³/mol. The van der Waals surface area contributed by atoms with Crippen molar-refractivity contribution in [3.63, 3.8) is 0 Å². The van der Waals surface area contributed by atoms with Gasteiger partial charge in [-0.25, -0.2) is 0 Å². The van der Waals surface area contributed by atoms with Crippen molar-refractivity contribution < 1.29 is 0 Å². The lowest BCUT2D eigenvalue weighted by Crippen LogP contribution is -2.19. The van der Waals surface area contributed by atoms with E-state index in [1.807, 2.05) is 0 Å². The Kier molecular flexibility index (Phi) is 11.9. The maximum Gasteiger partial charge on any atom is 0.152 e.